The minimum atomic E-state index is -0.367. The van der Waals surface area contributed by atoms with Crippen molar-refractivity contribution in [1.82, 2.24) is 14.9 Å². The van der Waals surface area contributed by atoms with Crippen LogP contribution in [0.2, 0.25) is 0 Å². The van der Waals surface area contributed by atoms with Gasteiger partial charge in [-0.15, -0.1) is 0 Å². The van der Waals surface area contributed by atoms with Crippen LogP contribution in [0.3, 0.4) is 0 Å². The lowest BCUT2D eigenvalue weighted by Gasteiger charge is -2.19. The number of carbonyl (C=O) groups excluding carboxylic acids is 2. The van der Waals surface area contributed by atoms with Gasteiger partial charge < -0.3 is 9.88 Å². The van der Waals surface area contributed by atoms with Crippen LogP contribution in [0, 0.1) is 5.82 Å². The molecule has 0 unspecified atom stereocenters. The van der Waals surface area contributed by atoms with Gasteiger partial charge in [0.1, 0.15) is 11.6 Å². The van der Waals surface area contributed by atoms with Crippen molar-refractivity contribution in [2.24, 2.45) is 0 Å². The van der Waals surface area contributed by atoms with E-state index in [9.17, 15) is 14.0 Å². The minimum absolute atomic E-state index is 0.0626. The average molecular weight is 420 g/mol. The van der Waals surface area contributed by atoms with Gasteiger partial charge in [0.25, 0.3) is 5.91 Å². The predicted octanol–water partition coefficient (Wildman–Crippen LogP) is 3.49. The third kappa shape index (κ3) is 4.50. The molecule has 1 N–H and O–H groups in total. The van der Waals surface area contributed by atoms with Crippen molar-refractivity contribution >= 4 is 17.6 Å². The largest absolute Gasteiger partial charge is 0.346 e. The summed E-state index contributed by atoms with van der Waals surface area (Å²) in [6.07, 6.45) is 2.91. The number of nitrogens with one attached hydrogen (secondary N) is 1. The van der Waals surface area contributed by atoms with E-state index in [1.165, 1.54) is 11.0 Å². The third-order valence-corrected chi connectivity index (χ3v) is 5.56. The number of imidazole rings is 1. The lowest BCUT2D eigenvalue weighted by Crippen LogP contribution is -2.33. The molecule has 7 heteroatoms. The molecule has 0 aliphatic carbocycles. The van der Waals surface area contributed by atoms with E-state index in [0.29, 0.717) is 23.6 Å². The monoisotopic (exact) mass is 420 g/mol. The van der Waals surface area contributed by atoms with Crippen molar-refractivity contribution in [3.63, 3.8) is 0 Å². The number of aromatic nitrogens is 2. The number of hydrogen-bond acceptors (Lipinski definition) is 3. The number of anilines is 1. The highest BCUT2D eigenvalue weighted by molar-refractivity contribution is 6.03. The molecule has 0 saturated carbocycles. The van der Waals surface area contributed by atoms with E-state index >= 15 is 0 Å². The molecule has 4 rings (SSSR count). The van der Waals surface area contributed by atoms with Gasteiger partial charge in [-0.1, -0.05) is 48.5 Å². The quantitative estimate of drug-likeness (QED) is 0.664. The van der Waals surface area contributed by atoms with Gasteiger partial charge in [-0.3, -0.25) is 14.5 Å². The van der Waals surface area contributed by atoms with Gasteiger partial charge in [0.15, 0.2) is 11.5 Å². The molecule has 1 aliphatic rings. The first-order valence-electron chi connectivity index (χ1n) is 10.5. The Morgan fingerprint density at radius 2 is 1.84 bits per heavy atom. The Labute approximate surface area is 180 Å². The lowest BCUT2D eigenvalue weighted by atomic mass is 10.1. The number of amides is 2. The summed E-state index contributed by atoms with van der Waals surface area (Å²) < 4.78 is 15.8. The van der Waals surface area contributed by atoms with Crippen LogP contribution in [-0.4, -0.2) is 28.4 Å². The molecule has 2 heterocycles. The molecule has 6 nitrogen and oxygen atoms in total. The van der Waals surface area contributed by atoms with E-state index in [4.69, 9.17) is 0 Å². The molecule has 2 amide bonds. The standard InChI is InChI=1S/C24H25FN4O2/c1-28(21(30)15-17-9-3-2-4-10-17)23-22(29-14-8-7-13-20(29)27-23)24(31)26-16-18-11-5-6-12-19(18)25/h2-6,9-12H,7-8,13-16H2,1H3,(H,26,31). The fourth-order valence-electron chi connectivity index (χ4n) is 3.84. The highest BCUT2D eigenvalue weighted by Gasteiger charge is 2.29. The molecule has 0 fully saturated rings. The summed E-state index contributed by atoms with van der Waals surface area (Å²) in [4.78, 5) is 32.2. The van der Waals surface area contributed by atoms with Crippen molar-refractivity contribution in [1.29, 1.82) is 0 Å². The molecule has 0 saturated heterocycles. The highest BCUT2D eigenvalue weighted by atomic mass is 19.1. The van der Waals surface area contributed by atoms with Crippen LogP contribution in [0.5, 0.6) is 0 Å². The average Bonchev–Trinajstić information content (AvgIpc) is 3.18. The highest BCUT2D eigenvalue weighted by Crippen LogP contribution is 2.26. The Bertz CT molecular complexity index is 1090. The number of rotatable bonds is 6. The zero-order valence-corrected chi connectivity index (χ0v) is 17.5. The Balaban J connectivity index is 1.59. The molecule has 1 aliphatic heterocycles. The topological polar surface area (TPSA) is 67.2 Å². The smallest absolute Gasteiger partial charge is 0.272 e. The number of fused-ring (bicyclic) bond motifs is 1. The molecule has 0 spiro atoms. The number of halogens is 1. The second kappa shape index (κ2) is 9.12. The van der Waals surface area contributed by atoms with Crippen LogP contribution >= 0.6 is 0 Å². The SMILES string of the molecule is CN(C(=O)Cc1ccccc1)c1nc2n(c1C(=O)NCc1ccccc1F)CCCC2. The zero-order chi connectivity index (χ0) is 21.8. The van der Waals surface area contributed by atoms with Gasteiger partial charge >= 0.3 is 0 Å². The van der Waals surface area contributed by atoms with Gasteiger partial charge in [0, 0.05) is 32.1 Å². The van der Waals surface area contributed by atoms with E-state index in [1.807, 2.05) is 34.9 Å². The van der Waals surface area contributed by atoms with Crippen LogP contribution in [0.15, 0.2) is 54.6 Å². The van der Waals surface area contributed by atoms with Gasteiger partial charge in [0.2, 0.25) is 5.91 Å². The Kier molecular flexibility index (Phi) is 6.11. The van der Waals surface area contributed by atoms with E-state index < -0.39 is 0 Å². The minimum Gasteiger partial charge on any atom is -0.346 e. The second-order valence-corrected chi connectivity index (χ2v) is 7.70. The summed E-state index contributed by atoms with van der Waals surface area (Å²) in [7, 11) is 1.65. The Hall–Kier alpha value is -3.48. The summed E-state index contributed by atoms with van der Waals surface area (Å²) in [5.41, 5.74) is 1.66. The molecule has 0 bridgehead atoms. The first-order valence-corrected chi connectivity index (χ1v) is 10.5. The number of nitrogens with zero attached hydrogens (tertiary/aromatic N) is 3. The summed E-state index contributed by atoms with van der Waals surface area (Å²) in [5, 5.41) is 2.80. The van der Waals surface area contributed by atoms with Crippen molar-refractivity contribution < 1.29 is 14.0 Å². The van der Waals surface area contributed by atoms with Gasteiger partial charge in [-0.25, -0.2) is 9.37 Å². The molecule has 0 radical (unpaired) electrons. The molecule has 3 aromatic rings. The number of likely N-dealkylation sites (N-methyl/N-ethyl adjacent to an activating group) is 1. The number of benzene rings is 2. The van der Waals surface area contributed by atoms with E-state index in [0.717, 1.165) is 30.7 Å². The molecular formula is C24H25FN4O2. The van der Waals surface area contributed by atoms with E-state index in [1.54, 1.807) is 25.2 Å². The second-order valence-electron chi connectivity index (χ2n) is 7.70. The number of aryl methyl sites for hydroxylation is 1. The molecule has 160 valence electrons. The molecule has 31 heavy (non-hydrogen) atoms. The molecule has 0 atom stereocenters. The van der Waals surface area contributed by atoms with Crippen LogP contribution in [-0.2, 0) is 30.7 Å². The number of hydrogen-bond donors (Lipinski definition) is 1. The summed E-state index contributed by atoms with van der Waals surface area (Å²) in [6.45, 7) is 0.735. The van der Waals surface area contributed by atoms with Crippen LogP contribution in [0.25, 0.3) is 0 Å². The first kappa shape index (κ1) is 20.8. The van der Waals surface area contributed by atoms with Crippen LogP contribution in [0.1, 0.15) is 40.3 Å². The lowest BCUT2D eigenvalue weighted by molar-refractivity contribution is -0.117. The maximum absolute atomic E-state index is 14.0. The summed E-state index contributed by atoms with van der Waals surface area (Å²) >= 11 is 0. The van der Waals surface area contributed by atoms with Crippen molar-refractivity contribution in [2.75, 3.05) is 11.9 Å². The normalized spacial score (nSPS) is 12.8. The number of carbonyl (C=O) groups is 2. The van der Waals surface area contributed by atoms with E-state index in [-0.39, 0.29) is 30.6 Å². The Morgan fingerprint density at radius 3 is 2.61 bits per heavy atom. The molecule has 2 aromatic carbocycles. The van der Waals surface area contributed by atoms with Gasteiger partial charge in [-0.2, -0.15) is 0 Å². The first-order chi connectivity index (χ1) is 15.0. The summed E-state index contributed by atoms with van der Waals surface area (Å²) in [6, 6.07) is 15.8. The van der Waals surface area contributed by atoms with Gasteiger partial charge in [0.05, 0.1) is 6.42 Å². The predicted molar refractivity (Wildman–Crippen MR) is 116 cm³/mol. The molecule has 1 aromatic heterocycles. The fourth-order valence-corrected chi connectivity index (χ4v) is 3.84. The van der Waals surface area contributed by atoms with E-state index in [2.05, 4.69) is 10.3 Å². The zero-order valence-electron chi connectivity index (χ0n) is 17.5. The van der Waals surface area contributed by atoms with Gasteiger partial charge in [-0.05, 0) is 24.5 Å². The van der Waals surface area contributed by atoms with Crippen molar-refractivity contribution in [2.45, 2.75) is 38.8 Å². The fraction of sp³-hybridized carbons (Fsp3) is 0.292. The maximum Gasteiger partial charge on any atom is 0.272 e. The summed E-state index contributed by atoms with van der Waals surface area (Å²) in [5.74, 6) is 0.275. The van der Waals surface area contributed by atoms with Crippen molar-refractivity contribution in [3.8, 4) is 0 Å². The maximum atomic E-state index is 14.0. The van der Waals surface area contributed by atoms with Crippen LogP contribution in [0.4, 0.5) is 10.2 Å². The molecular weight excluding hydrogens is 395 g/mol. The van der Waals surface area contributed by atoms with Crippen molar-refractivity contribution in [3.05, 3.63) is 83.1 Å². The van der Waals surface area contributed by atoms with Crippen LogP contribution < -0.4 is 10.2 Å². The third-order valence-electron chi connectivity index (χ3n) is 5.56. The Morgan fingerprint density at radius 1 is 1.10 bits per heavy atom.